The quantitative estimate of drug-likeness (QED) is 0.434. The van der Waals surface area contributed by atoms with Gasteiger partial charge in [0.15, 0.2) is 5.78 Å². The van der Waals surface area contributed by atoms with Crippen molar-refractivity contribution in [1.29, 1.82) is 0 Å². The molecule has 108 valence electrons. The summed E-state index contributed by atoms with van der Waals surface area (Å²) in [5.74, 6) is 0.0996. The predicted octanol–water partition coefficient (Wildman–Crippen LogP) is 2.27. The van der Waals surface area contributed by atoms with E-state index in [-0.39, 0.29) is 17.0 Å². The normalized spacial score (nSPS) is 14.3. The minimum atomic E-state index is -0.556. The van der Waals surface area contributed by atoms with Crippen molar-refractivity contribution < 1.29 is 14.5 Å². The van der Waals surface area contributed by atoms with Crippen molar-refractivity contribution in [3.63, 3.8) is 0 Å². The molecular formula is C14H18N2O4. The molecule has 0 atom stereocenters. The van der Waals surface area contributed by atoms with E-state index in [1.807, 2.05) is 7.05 Å². The first-order valence-electron chi connectivity index (χ1n) is 6.61. The zero-order valence-corrected chi connectivity index (χ0v) is 11.7. The Morgan fingerprint density at radius 2 is 2.20 bits per heavy atom. The van der Waals surface area contributed by atoms with Crippen LogP contribution in [-0.2, 0) is 0 Å². The van der Waals surface area contributed by atoms with E-state index < -0.39 is 4.92 Å². The summed E-state index contributed by atoms with van der Waals surface area (Å²) in [4.78, 5) is 23.9. The van der Waals surface area contributed by atoms with Gasteiger partial charge in [-0.15, -0.1) is 0 Å². The van der Waals surface area contributed by atoms with Crippen LogP contribution in [0.15, 0.2) is 18.2 Å². The van der Waals surface area contributed by atoms with Crippen LogP contribution in [0.5, 0.6) is 5.75 Å². The fourth-order valence-electron chi connectivity index (χ4n) is 2.06. The maximum atomic E-state index is 11.3. The van der Waals surface area contributed by atoms with Crippen LogP contribution in [0.25, 0.3) is 0 Å². The number of hydrogen-bond acceptors (Lipinski definition) is 5. The molecule has 0 saturated heterocycles. The monoisotopic (exact) mass is 278 g/mol. The van der Waals surface area contributed by atoms with Gasteiger partial charge in [-0.25, -0.2) is 0 Å². The zero-order valence-electron chi connectivity index (χ0n) is 11.7. The number of carbonyl (C=O) groups is 1. The van der Waals surface area contributed by atoms with E-state index in [9.17, 15) is 14.9 Å². The number of nitrogens with zero attached hydrogens (tertiary/aromatic N) is 2. The Morgan fingerprint density at radius 3 is 2.75 bits per heavy atom. The molecule has 1 aromatic carbocycles. The Labute approximate surface area is 117 Å². The molecule has 1 aromatic rings. The van der Waals surface area contributed by atoms with E-state index in [1.54, 1.807) is 6.07 Å². The molecule has 1 saturated carbocycles. The largest absolute Gasteiger partial charge is 0.492 e. The number of likely N-dealkylation sites (N-methyl/N-ethyl adjacent to an activating group) is 1. The van der Waals surface area contributed by atoms with Gasteiger partial charge >= 0.3 is 0 Å². The van der Waals surface area contributed by atoms with E-state index in [4.69, 9.17) is 4.74 Å². The van der Waals surface area contributed by atoms with E-state index in [1.165, 1.54) is 31.9 Å². The molecule has 0 aliphatic heterocycles. The van der Waals surface area contributed by atoms with E-state index >= 15 is 0 Å². The van der Waals surface area contributed by atoms with Crippen molar-refractivity contribution in [2.45, 2.75) is 25.8 Å². The maximum Gasteiger partial charge on any atom is 0.283 e. The number of Topliss-reactive ketones (excluding diaryl/α,β-unsaturated/α-hetero) is 1. The topological polar surface area (TPSA) is 72.7 Å². The number of nitro groups is 1. The van der Waals surface area contributed by atoms with Gasteiger partial charge in [0.05, 0.1) is 16.6 Å². The molecule has 0 spiro atoms. The average Bonchev–Trinajstić information content (AvgIpc) is 3.22. The summed E-state index contributed by atoms with van der Waals surface area (Å²) < 4.78 is 5.52. The lowest BCUT2D eigenvalue weighted by atomic mass is 10.1. The molecule has 6 nitrogen and oxygen atoms in total. The molecule has 0 aromatic heterocycles. The highest BCUT2D eigenvalue weighted by atomic mass is 16.6. The third-order valence-electron chi connectivity index (χ3n) is 3.43. The third-order valence-corrected chi connectivity index (χ3v) is 3.43. The van der Waals surface area contributed by atoms with Crippen molar-refractivity contribution in [1.82, 2.24) is 4.90 Å². The molecule has 2 rings (SSSR count). The van der Waals surface area contributed by atoms with Crippen molar-refractivity contribution >= 4 is 11.5 Å². The summed E-state index contributed by atoms with van der Waals surface area (Å²) in [6.07, 6.45) is 2.46. The van der Waals surface area contributed by atoms with Crippen LogP contribution in [0, 0.1) is 10.1 Å². The number of ether oxygens (including phenoxy) is 1. The lowest BCUT2D eigenvalue weighted by Crippen LogP contribution is -2.26. The number of hydrogen-bond donors (Lipinski definition) is 0. The van der Waals surface area contributed by atoms with Gasteiger partial charge in [-0.2, -0.15) is 0 Å². The first-order chi connectivity index (χ1) is 9.49. The molecule has 0 radical (unpaired) electrons. The summed E-state index contributed by atoms with van der Waals surface area (Å²) in [5, 5.41) is 10.9. The number of carbonyl (C=O) groups excluding carboxylic acids is 1. The molecular weight excluding hydrogens is 260 g/mol. The standard InChI is InChI=1S/C14H18N2O4/c1-10(17)13-6-5-12(9-14(13)16(18)19)20-8-7-15(2)11-3-4-11/h5-6,9,11H,3-4,7-8H2,1-2H3. The first-order valence-corrected chi connectivity index (χ1v) is 6.61. The third kappa shape index (κ3) is 3.54. The minimum absolute atomic E-state index is 0.109. The van der Waals surface area contributed by atoms with Crippen molar-refractivity contribution in [3.8, 4) is 5.75 Å². The second-order valence-electron chi connectivity index (χ2n) is 5.05. The van der Waals surface area contributed by atoms with Crippen LogP contribution in [0.4, 0.5) is 5.69 Å². The maximum absolute atomic E-state index is 11.3. The van der Waals surface area contributed by atoms with Gasteiger partial charge in [0.1, 0.15) is 12.4 Å². The Balaban J connectivity index is 1.99. The van der Waals surface area contributed by atoms with Crippen LogP contribution >= 0.6 is 0 Å². The highest BCUT2D eigenvalue weighted by molar-refractivity contribution is 5.98. The summed E-state index contributed by atoms with van der Waals surface area (Å²) in [7, 11) is 2.04. The van der Waals surface area contributed by atoms with Gasteiger partial charge in [-0.1, -0.05) is 0 Å². The molecule has 1 aliphatic rings. The lowest BCUT2D eigenvalue weighted by molar-refractivity contribution is -0.385. The van der Waals surface area contributed by atoms with Crippen LogP contribution in [0.2, 0.25) is 0 Å². The Hall–Kier alpha value is -1.95. The highest BCUT2D eigenvalue weighted by Crippen LogP contribution is 2.26. The summed E-state index contributed by atoms with van der Waals surface area (Å²) in [6.45, 7) is 2.57. The highest BCUT2D eigenvalue weighted by Gasteiger charge is 2.25. The first kappa shape index (κ1) is 14.5. The minimum Gasteiger partial charge on any atom is -0.492 e. The van der Waals surface area contributed by atoms with Gasteiger partial charge in [0, 0.05) is 12.6 Å². The number of rotatable bonds is 7. The second-order valence-corrected chi connectivity index (χ2v) is 5.05. The average molecular weight is 278 g/mol. The molecule has 0 unspecified atom stereocenters. The van der Waals surface area contributed by atoms with Gasteiger partial charge in [0.25, 0.3) is 5.69 Å². The van der Waals surface area contributed by atoms with Gasteiger partial charge < -0.3 is 9.64 Å². The summed E-state index contributed by atoms with van der Waals surface area (Å²) in [5.41, 5.74) is -0.0944. The van der Waals surface area contributed by atoms with Crippen LogP contribution in [-0.4, -0.2) is 41.8 Å². The smallest absolute Gasteiger partial charge is 0.283 e. The van der Waals surface area contributed by atoms with Crippen molar-refractivity contribution in [2.24, 2.45) is 0 Å². The fraction of sp³-hybridized carbons (Fsp3) is 0.500. The lowest BCUT2D eigenvalue weighted by Gasteiger charge is -2.15. The fourth-order valence-corrected chi connectivity index (χ4v) is 2.06. The Kier molecular flexibility index (Phi) is 4.34. The van der Waals surface area contributed by atoms with Gasteiger partial charge in [-0.3, -0.25) is 14.9 Å². The van der Waals surface area contributed by atoms with Crippen LogP contribution < -0.4 is 4.74 Å². The van der Waals surface area contributed by atoms with E-state index in [0.717, 1.165) is 6.54 Å². The van der Waals surface area contributed by atoms with Crippen LogP contribution in [0.1, 0.15) is 30.1 Å². The van der Waals surface area contributed by atoms with Crippen molar-refractivity contribution in [2.75, 3.05) is 20.2 Å². The molecule has 0 bridgehead atoms. The van der Waals surface area contributed by atoms with E-state index in [0.29, 0.717) is 18.4 Å². The molecule has 0 amide bonds. The molecule has 1 aliphatic carbocycles. The van der Waals surface area contributed by atoms with Gasteiger partial charge in [-0.05, 0) is 38.9 Å². The number of benzene rings is 1. The molecule has 6 heteroatoms. The predicted molar refractivity (Wildman–Crippen MR) is 74.2 cm³/mol. The number of ketones is 1. The Morgan fingerprint density at radius 1 is 1.50 bits per heavy atom. The molecule has 0 heterocycles. The molecule has 1 fully saturated rings. The number of nitro benzene ring substituents is 1. The summed E-state index contributed by atoms with van der Waals surface area (Å²) >= 11 is 0. The zero-order chi connectivity index (χ0) is 14.7. The molecule has 0 N–H and O–H groups in total. The van der Waals surface area contributed by atoms with Crippen LogP contribution in [0.3, 0.4) is 0 Å². The van der Waals surface area contributed by atoms with Crippen molar-refractivity contribution in [3.05, 3.63) is 33.9 Å². The summed E-state index contributed by atoms with van der Waals surface area (Å²) in [6, 6.07) is 5.02. The van der Waals surface area contributed by atoms with E-state index in [2.05, 4.69) is 4.90 Å². The second kappa shape index (κ2) is 6.00. The molecule has 20 heavy (non-hydrogen) atoms. The van der Waals surface area contributed by atoms with Gasteiger partial charge in [0.2, 0.25) is 0 Å². The Bertz CT molecular complexity index is 526. The SMILES string of the molecule is CC(=O)c1ccc(OCCN(C)C2CC2)cc1[N+](=O)[O-].